The van der Waals surface area contributed by atoms with Crippen molar-refractivity contribution in [2.75, 3.05) is 5.75 Å². The molecule has 82 valence electrons. The number of benzene rings is 1. The highest BCUT2D eigenvalue weighted by molar-refractivity contribution is 7.99. The van der Waals surface area contributed by atoms with E-state index in [0.29, 0.717) is 0 Å². The number of unbranched alkanes of at least 4 members (excludes halogenated alkanes) is 1. The van der Waals surface area contributed by atoms with E-state index in [4.69, 9.17) is 0 Å². The highest BCUT2D eigenvalue weighted by Crippen LogP contribution is 2.25. The minimum Gasteiger partial charge on any atom is -0.258 e. The Labute approximate surface area is 94.0 Å². The molecule has 3 nitrogen and oxygen atoms in total. The van der Waals surface area contributed by atoms with E-state index < -0.39 is 0 Å². The van der Waals surface area contributed by atoms with Crippen LogP contribution < -0.4 is 0 Å². The summed E-state index contributed by atoms with van der Waals surface area (Å²) in [6.07, 6.45) is 2.36. The minimum atomic E-state index is -0.337. The lowest BCUT2D eigenvalue weighted by Gasteiger charge is -2.02. The van der Waals surface area contributed by atoms with Crippen molar-refractivity contribution >= 4 is 17.4 Å². The van der Waals surface area contributed by atoms with Crippen LogP contribution in [0, 0.1) is 17.0 Å². The molecule has 0 N–H and O–H groups in total. The van der Waals surface area contributed by atoms with Gasteiger partial charge in [0.25, 0.3) is 5.69 Å². The Morgan fingerprint density at radius 3 is 2.73 bits per heavy atom. The van der Waals surface area contributed by atoms with Crippen molar-refractivity contribution in [3.63, 3.8) is 0 Å². The highest BCUT2D eigenvalue weighted by Gasteiger charge is 2.09. The zero-order valence-electron chi connectivity index (χ0n) is 9.03. The Morgan fingerprint density at radius 1 is 1.47 bits per heavy atom. The molecule has 0 atom stereocenters. The Hall–Kier alpha value is -1.03. The molecule has 0 aliphatic heterocycles. The number of hydrogen-bond donors (Lipinski definition) is 0. The maximum Gasteiger partial charge on any atom is 0.272 e. The van der Waals surface area contributed by atoms with Crippen molar-refractivity contribution in [2.45, 2.75) is 31.6 Å². The van der Waals surface area contributed by atoms with Crippen molar-refractivity contribution < 1.29 is 4.92 Å². The summed E-state index contributed by atoms with van der Waals surface area (Å²) in [7, 11) is 0. The molecule has 0 spiro atoms. The van der Waals surface area contributed by atoms with E-state index in [9.17, 15) is 10.1 Å². The first-order valence-electron chi connectivity index (χ1n) is 5.03. The molecule has 0 radical (unpaired) electrons. The predicted molar refractivity (Wildman–Crippen MR) is 63.5 cm³/mol. The number of aryl methyl sites for hydroxylation is 1. The van der Waals surface area contributed by atoms with Crippen LogP contribution in [0.5, 0.6) is 0 Å². The predicted octanol–water partition coefficient (Wildman–Crippen LogP) is 3.80. The number of hydrogen-bond acceptors (Lipinski definition) is 3. The molecule has 15 heavy (non-hydrogen) atoms. The van der Waals surface area contributed by atoms with Gasteiger partial charge in [-0.15, -0.1) is 11.8 Å². The number of nitro groups is 1. The molecule has 0 bridgehead atoms. The minimum absolute atomic E-state index is 0.204. The van der Waals surface area contributed by atoms with E-state index in [1.807, 2.05) is 12.1 Å². The molecule has 0 fully saturated rings. The Morgan fingerprint density at radius 2 is 2.20 bits per heavy atom. The highest BCUT2D eigenvalue weighted by atomic mass is 32.2. The molecule has 0 amide bonds. The lowest BCUT2D eigenvalue weighted by Crippen LogP contribution is -1.91. The average molecular weight is 225 g/mol. The molecule has 0 heterocycles. The van der Waals surface area contributed by atoms with E-state index in [1.54, 1.807) is 24.8 Å². The number of nitro benzene ring substituents is 1. The summed E-state index contributed by atoms with van der Waals surface area (Å²) in [5.74, 6) is 1.08. The van der Waals surface area contributed by atoms with E-state index in [0.717, 1.165) is 16.2 Å². The van der Waals surface area contributed by atoms with Crippen LogP contribution in [0.15, 0.2) is 23.1 Å². The van der Waals surface area contributed by atoms with Crippen LogP contribution in [0.1, 0.15) is 25.3 Å². The first-order valence-corrected chi connectivity index (χ1v) is 6.01. The maximum atomic E-state index is 10.6. The normalized spacial score (nSPS) is 10.3. The summed E-state index contributed by atoms with van der Waals surface area (Å²) < 4.78 is 0. The maximum absolute atomic E-state index is 10.6. The van der Waals surface area contributed by atoms with Gasteiger partial charge in [-0.1, -0.05) is 13.3 Å². The second-order valence-corrected chi connectivity index (χ2v) is 4.58. The Balaban J connectivity index is 2.69. The van der Waals surface area contributed by atoms with Gasteiger partial charge in [0.05, 0.1) is 4.92 Å². The molecule has 0 saturated heterocycles. The van der Waals surface area contributed by atoms with Gasteiger partial charge in [-0.2, -0.15) is 0 Å². The number of nitrogens with zero attached hydrogens (tertiary/aromatic N) is 1. The van der Waals surface area contributed by atoms with Gasteiger partial charge in [-0.3, -0.25) is 10.1 Å². The van der Waals surface area contributed by atoms with Gasteiger partial charge in [0.2, 0.25) is 0 Å². The van der Waals surface area contributed by atoms with Crippen LogP contribution in [0.2, 0.25) is 0 Å². The van der Waals surface area contributed by atoms with E-state index in [1.165, 1.54) is 12.8 Å². The van der Waals surface area contributed by atoms with Crippen LogP contribution in [-0.2, 0) is 0 Å². The SMILES string of the molecule is CCCCSc1ccc([N+](=O)[O-])c(C)c1. The second kappa shape index (κ2) is 5.75. The quantitative estimate of drug-likeness (QED) is 0.331. The third-order valence-electron chi connectivity index (χ3n) is 2.13. The first kappa shape index (κ1) is 12.0. The molecular formula is C11H15NO2S. The van der Waals surface area contributed by atoms with Crippen molar-refractivity contribution in [1.82, 2.24) is 0 Å². The van der Waals surface area contributed by atoms with Crippen molar-refractivity contribution in [3.8, 4) is 0 Å². The fourth-order valence-electron chi connectivity index (χ4n) is 1.26. The van der Waals surface area contributed by atoms with Gasteiger partial charge in [-0.05, 0) is 31.2 Å². The average Bonchev–Trinajstić information content (AvgIpc) is 2.17. The summed E-state index contributed by atoms with van der Waals surface area (Å²) in [6.45, 7) is 3.93. The van der Waals surface area contributed by atoms with Gasteiger partial charge in [0, 0.05) is 16.5 Å². The Kier molecular flexibility index (Phi) is 4.62. The van der Waals surface area contributed by atoms with E-state index >= 15 is 0 Å². The number of rotatable bonds is 5. The van der Waals surface area contributed by atoms with Gasteiger partial charge in [0.15, 0.2) is 0 Å². The molecular weight excluding hydrogens is 210 g/mol. The third kappa shape index (κ3) is 3.55. The van der Waals surface area contributed by atoms with Gasteiger partial charge < -0.3 is 0 Å². The summed E-state index contributed by atoms with van der Waals surface area (Å²) in [6, 6.07) is 5.30. The summed E-state index contributed by atoms with van der Waals surface area (Å²) in [5.41, 5.74) is 0.941. The van der Waals surface area contributed by atoms with Crippen LogP contribution in [-0.4, -0.2) is 10.7 Å². The van der Waals surface area contributed by atoms with Crippen LogP contribution in [0.3, 0.4) is 0 Å². The zero-order valence-corrected chi connectivity index (χ0v) is 9.84. The summed E-state index contributed by atoms with van der Waals surface area (Å²) in [5, 5.41) is 10.6. The molecule has 1 aromatic rings. The van der Waals surface area contributed by atoms with Gasteiger partial charge in [-0.25, -0.2) is 0 Å². The van der Waals surface area contributed by atoms with Crippen LogP contribution in [0.25, 0.3) is 0 Å². The standard InChI is InChI=1S/C11H15NO2S/c1-3-4-7-15-10-5-6-11(12(13)14)9(2)8-10/h5-6,8H,3-4,7H2,1-2H3. The second-order valence-electron chi connectivity index (χ2n) is 3.41. The Bertz CT molecular complexity index is 352. The fraction of sp³-hybridized carbons (Fsp3) is 0.455. The molecule has 0 aliphatic carbocycles. The van der Waals surface area contributed by atoms with Crippen molar-refractivity contribution in [3.05, 3.63) is 33.9 Å². The van der Waals surface area contributed by atoms with Crippen molar-refractivity contribution in [2.24, 2.45) is 0 Å². The summed E-state index contributed by atoms with van der Waals surface area (Å²) in [4.78, 5) is 11.4. The monoisotopic (exact) mass is 225 g/mol. The van der Waals surface area contributed by atoms with E-state index in [2.05, 4.69) is 6.92 Å². The molecule has 0 unspecified atom stereocenters. The molecule has 0 saturated carbocycles. The largest absolute Gasteiger partial charge is 0.272 e. The smallest absolute Gasteiger partial charge is 0.258 e. The fourth-order valence-corrected chi connectivity index (χ4v) is 2.35. The molecule has 0 aliphatic rings. The zero-order chi connectivity index (χ0) is 11.3. The van der Waals surface area contributed by atoms with Crippen molar-refractivity contribution in [1.29, 1.82) is 0 Å². The topological polar surface area (TPSA) is 43.1 Å². The first-order chi connectivity index (χ1) is 7.15. The van der Waals surface area contributed by atoms with E-state index in [-0.39, 0.29) is 10.6 Å². The summed E-state index contributed by atoms with van der Waals surface area (Å²) >= 11 is 1.76. The van der Waals surface area contributed by atoms with Gasteiger partial charge >= 0.3 is 0 Å². The van der Waals surface area contributed by atoms with Crippen LogP contribution >= 0.6 is 11.8 Å². The molecule has 4 heteroatoms. The lowest BCUT2D eigenvalue weighted by molar-refractivity contribution is -0.385. The van der Waals surface area contributed by atoms with Gasteiger partial charge in [0.1, 0.15) is 0 Å². The molecule has 1 rings (SSSR count). The van der Waals surface area contributed by atoms with Crippen LogP contribution in [0.4, 0.5) is 5.69 Å². The number of thioether (sulfide) groups is 1. The third-order valence-corrected chi connectivity index (χ3v) is 3.21. The lowest BCUT2D eigenvalue weighted by atomic mass is 10.2. The molecule has 0 aromatic heterocycles. The molecule has 1 aromatic carbocycles.